The van der Waals surface area contributed by atoms with E-state index < -0.39 is 17.9 Å². The van der Waals surface area contributed by atoms with Crippen molar-refractivity contribution in [2.24, 2.45) is 0 Å². The molecule has 1 atom stereocenters. The van der Waals surface area contributed by atoms with Crippen LogP contribution in [0.2, 0.25) is 5.02 Å². The number of nitrogens with zero attached hydrogens (tertiary/aromatic N) is 1. The number of pyridine rings is 1. The summed E-state index contributed by atoms with van der Waals surface area (Å²) >= 11 is 6.14. The maximum atomic E-state index is 13.2. The lowest BCUT2D eigenvalue weighted by molar-refractivity contribution is -0.139. The van der Waals surface area contributed by atoms with Crippen LogP contribution in [0.3, 0.4) is 0 Å². The number of aliphatic carboxylic acids is 1. The van der Waals surface area contributed by atoms with Crippen LogP contribution >= 0.6 is 11.6 Å². The van der Waals surface area contributed by atoms with Crippen LogP contribution in [0.5, 0.6) is 0 Å². The minimum Gasteiger partial charge on any atom is -0.479 e. The Bertz CT molecular complexity index is 1050. The van der Waals surface area contributed by atoms with E-state index in [2.05, 4.69) is 10.3 Å². The van der Waals surface area contributed by atoms with Crippen LogP contribution in [0.15, 0.2) is 48.5 Å². The average molecular weight is 381 g/mol. The Kier molecular flexibility index (Phi) is 4.54. The Morgan fingerprint density at radius 1 is 1.11 bits per heavy atom. The molecule has 1 aromatic heterocycles. The number of aryl methyl sites for hydroxylation is 1. The van der Waals surface area contributed by atoms with Gasteiger partial charge in [-0.05, 0) is 48.6 Å². The van der Waals surface area contributed by atoms with Gasteiger partial charge in [0.25, 0.3) is 5.91 Å². The molecule has 1 heterocycles. The second-order valence-electron chi connectivity index (χ2n) is 6.58. The molecule has 1 unspecified atom stereocenters. The molecule has 27 heavy (non-hydrogen) atoms. The molecule has 1 aliphatic rings. The van der Waals surface area contributed by atoms with Gasteiger partial charge < -0.3 is 10.4 Å². The molecule has 0 fully saturated rings. The largest absolute Gasteiger partial charge is 0.479 e. The zero-order chi connectivity index (χ0) is 19.0. The Balaban J connectivity index is 1.80. The summed E-state index contributed by atoms with van der Waals surface area (Å²) < 4.78 is 0. The molecule has 0 aliphatic heterocycles. The van der Waals surface area contributed by atoms with Crippen LogP contribution in [0, 0.1) is 0 Å². The van der Waals surface area contributed by atoms with Crippen LogP contribution in [0.4, 0.5) is 0 Å². The summed E-state index contributed by atoms with van der Waals surface area (Å²) in [5.41, 5.74) is 3.49. The van der Waals surface area contributed by atoms with Crippen molar-refractivity contribution < 1.29 is 14.7 Å². The third kappa shape index (κ3) is 3.26. The molecule has 5 nitrogen and oxygen atoms in total. The van der Waals surface area contributed by atoms with Gasteiger partial charge in [0.1, 0.15) is 0 Å². The van der Waals surface area contributed by atoms with Crippen molar-refractivity contribution in [2.45, 2.75) is 25.3 Å². The number of benzene rings is 2. The molecule has 0 bridgehead atoms. The number of rotatable bonds is 4. The number of carbonyl (C=O) groups excluding carboxylic acids is 1. The zero-order valence-electron chi connectivity index (χ0n) is 14.4. The summed E-state index contributed by atoms with van der Waals surface area (Å²) in [5, 5.41) is 13.5. The van der Waals surface area contributed by atoms with Gasteiger partial charge in [0, 0.05) is 16.1 Å². The lowest BCUT2D eigenvalue weighted by Crippen LogP contribution is -2.34. The molecule has 0 radical (unpaired) electrons. The lowest BCUT2D eigenvalue weighted by Gasteiger charge is -2.18. The van der Waals surface area contributed by atoms with Crippen molar-refractivity contribution in [1.29, 1.82) is 0 Å². The van der Waals surface area contributed by atoms with Crippen LogP contribution < -0.4 is 5.32 Å². The summed E-state index contributed by atoms with van der Waals surface area (Å²) in [4.78, 5) is 29.6. The van der Waals surface area contributed by atoms with Gasteiger partial charge in [0.2, 0.25) is 0 Å². The Morgan fingerprint density at radius 3 is 2.63 bits per heavy atom. The van der Waals surface area contributed by atoms with E-state index in [0.717, 1.165) is 30.5 Å². The molecule has 4 rings (SSSR count). The first-order valence-electron chi connectivity index (χ1n) is 8.74. The monoisotopic (exact) mass is 380 g/mol. The van der Waals surface area contributed by atoms with E-state index in [1.165, 1.54) is 0 Å². The van der Waals surface area contributed by atoms with Crippen molar-refractivity contribution in [3.05, 3.63) is 75.9 Å². The van der Waals surface area contributed by atoms with Gasteiger partial charge in [0.05, 0.1) is 11.1 Å². The number of aromatic nitrogens is 1. The van der Waals surface area contributed by atoms with E-state index in [1.807, 2.05) is 0 Å². The smallest absolute Gasteiger partial charge is 0.330 e. The molecule has 3 aromatic rings. The Morgan fingerprint density at radius 2 is 1.89 bits per heavy atom. The first kappa shape index (κ1) is 17.5. The standard InChI is InChI=1S/C21H17ClN2O3/c22-13-9-10-17-15(11-13)18(14-7-4-8-16(14)23-17)20(25)24-19(21(26)27)12-5-2-1-3-6-12/h1-3,5-6,9-11,19H,4,7-8H2,(H,24,25)(H,26,27). The van der Waals surface area contributed by atoms with Crippen molar-refractivity contribution in [2.75, 3.05) is 0 Å². The van der Waals surface area contributed by atoms with Gasteiger partial charge in [-0.1, -0.05) is 41.9 Å². The molecule has 6 heteroatoms. The molecule has 0 saturated carbocycles. The fourth-order valence-electron chi connectivity index (χ4n) is 3.63. The predicted octanol–water partition coefficient (Wildman–Crippen LogP) is 3.93. The lowest BCUT2D eigenvalue weighted by atomic mass is 9.99. The first-order chi connectivity index (χ1) is 13.0. The quantitative estimate of drug-likeness (QED) is 0.718. The SMILES string of the molecule is O=C(NC(C(=O)O)c1ccccc1)c1c2c(nc3ccc(Cl)cc13)CCC2. The summed E-state index contributed by atoms with van der Waals surface area (Å²) in [6.07, 6.45) is 2.49. The number of carboxylic acids is 1. The molecule has 0 saturated heterocycles. The number of carboxylic acid groups (broad SMARTS) is 1. The molecule has 1 amide bonds. The maximum absolute atomic E-state index is 13.2. The highest BCUT2D eigenvalue weighted by molar-refractivity contribution is 6.31. The van der Waals surface area contributed by atoms with E-state index in [0.29, 0.717) is 27.1 Å². The fraction of sp³-hybridized carbons (Fsp3) is 0.190. The number of carbonyl (C=O) groups is 2. The van der Waals surface area contributed by atoms with Crippen molar-refractivity contribution in [1.82, 2.24) is 10.3 Å². The normalized spacial score (nSPS) is 14.0. The highest BCUT2D eigenvalue weighted by atomic mass is 35.5. The van der Waals surface area contributed by atoms with Crippen LogP contribution in [-0.4, -0.2) is 22.0 Å². The maximum Gasteiger partial charge on any atom is 0.330 e. The Labute approximate surface area is 161 Å². The van der Waals surface area contributed by atoms with E-state index in [4.69, 9.17) is 11.6 Å². The predicted molar refractivity (Wildman–Crippen MR) is 103 cm³/mol. The number of hydrogen-bond donors (Lipinski definition) is 2. The van der Waals surface area contributed by atoms with E-state index in [9.17, 15) is 14.7 Å². The van der Waals surface area contributed by atoms with Crippen LogP contribution in [0.25, 0.3) is 10.9 Å². The molecule has 0 spiro atoms. The van der Waals surface area contributed by atoms with Gasteiger partial charge in [0.15, 0.2) is 6.04 Å². The highest BCUT2D eigenvalue weighted by Gasteiger charge is 2.28. The summed E-state index contributed by atoms with van der Waals surface area (Å²) in [5.74, 6) is -1.53. The summed E-state index contributed by atoms with van der Waals surface area (Å²) in [7, 11) is 0. The Hall–Kier alpha value is -2.92. The van der Waals surface area contributed by atoms with Crippen molar-refractivity contribution in [3.63, 3.8) is 0 Å². The van der Waals surface area contributed by atoms with Gasteiger partial charge in [-0.3, -0.25) is 9.78 Å². The summed E-state index contributed by atoms with van der Waals surface area (Å²) in [6.45, 7) is 0. The molecule has 2 aromatic carbocycles. The van der Waals surface area contributed by atoms with Crippen molar-refractivity contribution >= 4 is 34.4 Å². The minimum atomic E-state index is -1.13. The second kappa shape index (κ2) is 7.00. The first-order valence-corrected chi connectivity index (χ1v) is 9.12. The van der Waals surface area contributed by atoms with Crippen LogP contribution in [0.1, 0.15) is 39.6 Å². The molecule has 2 N–H and O–H groups in total. The van der Waals surface area contributed by atoms with Gasteiger partial charge in [-0.25, -0.2) is 4.79 Å². The van der Waals surface area contributed by atoms with E-state index >= 15 is 0 Å². The zero-order valence-corrected chi connectivity index (χ0v) is 15.2. The molecular weight excluding hydrogens is 364 g/mol. The number of halogens is 1. The fourth-order valence-corrected chi connectivity index (χ4v) is 3.80. The third-order valence-corrected chi connectivity index (χ3v) is 5.09. The molecular formula is C21H17ClN2O3. The number of fused-ring (bicyclic) bond motifs is 2. The molecule has 1 aliphatic carbocycles. The van der Waals surface area contributed by atoms with Gasteiger partial charge >= 0.3 is 5.97 Å². The summed E-state index contributed by atoms with van der Waals surface area (Å²) in [6, 6.07) is 12.8. The number of hydrogen-bond acceptors (Lipinski definition) is 3. The number of amides is 1. The van der Waals surface area contributed by atoms with E-state index in [1.54, 1.807) is 48.5 Å². The second-order valence-corrected chi connectivity index (χ2v) is 7.02. The van der Waals surface area contributed by atoms with Crippen LogP contribution in [-0.2, 0) is 17.6 Å². The van der Waals surface area contributed by atoms with Crippen molar-refractivity contribution in [3.8, 4) is 0 Å². The highest BCUT2D eigenvalue weighted by Crippen LogP contribution is 2.32. The van der Waals surface area contributed by atoms with Gasteiger partial charge in [-0.15, -0.1) is 0 Å². The van der Waals surface area contributed by atoms with E-state index in [-0.39, 0.29) is 0 Å². The topological polar surface area (TPSA) is 79.3 Å². The molecule has 136 valence electrons. The minimum absolute atomic E-state index is 0.418. The third-order valence-electron chi connectivity index (χ3n) is 4.86. The number of nitrogens with one attached hydrogen (secondary N) is 1. The average Bonchev–Trinajstić information content (AvgIpc) is 3.12. The van der Waals surface area contributed by atoms with Gasteiger partial charge in [-0.2, -0.15) is 0 Å².